The van der Waals surface area contributed by atoms with E-state index in [-0.39, 0.29) is 18.3 Å². The summed E-state index contributed by atoms with van der Waals surface area (Å²) in [6.45, 7) is 2.57. The molecule has 1 atom stereocenters. The zero-order valence-corrected chi connectivity index (χ0v) is 14.2. The van der Waals surface area contributed by atoms with Gasteiger partial charge in [0, 0.05) is 18.0 Å². The fraction of sp³-hybridized carbons (Fsp3) is 0.429. The van der Waals surface area contributed by atoms with Crippen LogP contribution in [0.1, 0.15) is 24.8 Å². The Morgan fingerprint density at radius 3 is 3.00 bits per heavy atom. The first kappa shape index (κ1) is 18.2. The molecule has 1 unspecified atom stereocenters. The van der Waals surface area contributed by atoms with Gasteiger partial charge in [0.15, 0.2) is 0 Å². The number of amides is 1. The molecule has 2 aromatic rings. The molecule has 1 amide bonds. The van der Waals surface area contributed by atoms with Crippen LogP contribution in [0.4, 0.5) is 0 Å². The summed E-state index contributed by atoms with van der Waals surface area (Å²) in [4.78, 5) is 16.2. The third kappa shape index (κ3) is 5.11. The number of nitrogens with two attached hydrogens (primary N) is 1. The maximum Gasteiger partial charge on any atom is 0.236 e. The first-order valence-electron chi connectivity index (χ1n) is 6.68. The number of rotatable bonds is 6. The molecular weight excluding hydrogens is 329 g/mol. The second-order valence-electron chi connectivity index (χ2n) is 4.66. The fourth-order valence-corrected chi connectivity index (χ4v) is 3.03. The Hall–Kier alpha value is -0.880. The van der Waals surface area contributed by atoms with E-state index in [4.69, 9.17) is 17.3 Å². The van der Waals surface area contributed by atoms with Crippen LogP contribution in [-0.4, -0.2) is 23.5 Å². The Morgan fingerprint density at radius 2 is 2.29 bits per heavy atom. The molecule has 0 fully saturated rings. The van der Waals surface area contributed by atoms with Gasteiger partial charge in [-0.15, -0.1) is 23.7 Å². The van der Waals surface area contributed by atoms with Crippen LogP contribution in [0.5, 0.6) is 0 Å². The van der Waals surface area contributed by atoms with E-state index in [0.717, 1.165) is 21.6 Å². The van der Waals surface area contributed by atoms with E-state index in [2.05, 4.69) is 10.3 Å². The number of hydrogen-bond acceptors (Lipinski definition) is 4. The quantitative estimate of drug-likeness (QED) is 0.843. The Balaban J connectivity index is 0.00000220. The molecule has 3 N–H and O–H groups in total. The second-order valence-corrected chi connectivity index (χ2v) is 6.21. The minimum atomic E-state index is -0.408. The highest BCUT2D eigenvalue weighted by Gasteiger charge is 2.11. The number of nitrogens with one attached hydrogen (secondary N) is 1. The zero-order chi connectivity index (χ0) is 14.5. The number of benzene rings is 1. The molecule has 0 spiro atoms. The van der Waals surface area contributed by atoms with Crippen molar-refractivity contribution < 1.29 is 4.79 Å². The Morgan fingerprint density at radius 1 is 1.52 bits per heavy atom. The number of hydrogen-bond donors (Lipinski definition) is 2. The molecule has 0 saturated carbocycles. The van der Waals surface area contributed by atoms with E-state index in [9.17, 15) is 4.79 Å². The highest BCUT2D eigenvalue weighted by molar-refractivity contribution is 7.18. The Labute approximate surface area is 139 Å². The van der Waals surface area contributed by atoms with Crippen molar-refractivity contribution in [3.63, 3.8) is 0 Å². The first-order valence-corrected chi connectivity index (χ1v) is 7.88. The molecule has 0 radical (unpaired) electrons. The molecule has 21 heavy (non-hydrogen) atoms. The van der Waals surface area contributed by atoms with Crippen molar-refractivity contribution in [1.82, 2.24) is 10.3 Å². The van der Waals surface area contributed by atoms with Crippen molar-refractivity contribution in [2.45, 2.75) is 32.2 Å². The number of fused-ring (bicyclic) bond motifs is 1. The van der Waals surface area contributed by atoms with Gasteiger partial charge in [0.2, 0.25) is 5.91 Å². The molecule has 1 aromatic heterocycles. The number of aromatic nitrogens is 1. The maximum atomic E-state index is 11.7. The number of halogens is 2. The van der Waals surface area contributed by atoms with Crippen molar-refractivity contribution in [3.8, 4) is 0 Å². The predicted molar refractivity (Wildman–Crippen MR) is 91.5 cm³/mol. The average molecular weight is 348 g/mol. The van der Waals surface area contributed by atoms with Gasteiger partial charge in [-0.25, -0.2) is 4.98 Å². The minimum absolute atomic E-state index is 0. The van der Waals surface area contributed by atoms with E-state index in [0.29, 0.717) is 24.4 Å². The van der Waals surface area contributed by atoms with Gasteiger partial charge in [-0.2, -0.15) is 0 Å². The summed E-state index contributed by atoms with van der Waals surface area (Å²) in [5.41, 5.74) is 6.65. The van der Waals surface area contributed by atoms with Crippen molar-refractivity contribution in [2.75, 3.05) is 6.54 Å². The van der Waals surface area contributed by atoms with Crippen LogP contribution < -0.4 is 11.1 Å². The molecule has 0 aliphatic rings. The molecule has 1 aromatic carbocycles. The van der Waals surface area contributed by atoms with E-state index in [1.54, 1.807) is 11.3 Å². The van der Waals surface area contributed by atoms with Crippen LogP contribution in [0.15, 0.2) is 18.2 Å². The SMILES string of the molecule is CCCC(N)C(=O)NCCc1nc2cc(Cl)ccc2s1.Cl. The van der Waals surface area contributed by atoms with Crippen molar-refractivity contribution >= 4 is 51.5 Å². The van der Waals surface area contributed by atoms with Crippen LogP contribution in [0.3, 0.4) is 0 Å². The van der Waals surface area contributed by atoms with E-state index >= 15 is 0 Å². The number of thiazole rings is 1. The van der Waals surface area contributed by atoms with Crippen molar-refractivity contribution in [2.24, 2.45) is 5.73 Å². The van der Waals surface area contributed by atoms with Gasteiger partial charge in [0.1, 0.15) is 0 Å². The summed E-state index contributed by atoms with van der Waals surface area (Å²) in [5.74, 6) is -0.0870. The number of carbonyl (C=O) groups excluding carboxylic acids is 1. The molecule has 0 saturated heterocycles. The summed E-state index contributed by atoms with van der Waals surface area (Å²) in [7, 11) is 0. The van der Waals surface area contributed by atoms with Gasteiger partial charge in [0.25, 0.3) is 0 Å². The van der Waals surface area contributed by atoms with Crippen LogP contribution in [0, 0.1) is 0 Å². The molecule has 2 rings (SSSR count). The van der Waals surface area contributed by atoms with Crippen molar-refractivity contribution in [1.29, 1.82) is 0 Å². The van der Waals surface area contributed by atoms with Gasteiger partial charge in [-0.1, -0.05) is 24.9 Å². The Kier molecular flexibility index (Phi) is 7.39. The molecule has 1 heterocycles. The van der Waals surface area contributed by atoms with Crippen molar-refractivity contribution in [3.05, 3.63) is 28.2 Å². The summed E-state index contributed by atoms with van der Waals surface area (Å²) in [5, 5.41) is 4.53. The third-order valence-corrected chi connectivity index (χ3v) is 4.30. The lowest BCUT2D eigenvalue weighted by atomic mass is 10.2. The van der Waals surface area contributed by atoms with Gasteiger partial charge in [-0.05, 0) is 24.6 Å². The fourth-order valence-electron chi connectivity index (χ4n) is 1.92. The first-order chi connectivity index (χ1) is 9.60. The molecule has 0 aliphatic heterocycles. The monoisotopic (exact) mass is 347 g/mol. The van der Waals surface area contributed by atoms with E-state index in [1.165, 1.54) is 0 Å². The van der Waals surface area contributed by atoms with Crippen LogP contribution in [-0.2, 0) is 11.2 Å². The summed E-state index contributed by atoms with van der Waals surface area (Å²) in [6, 6.07) is 5.27. The lowest BCUT2D eigenvalue weighted by Gasteiger charge is -2.10. The highest BCUT2D eigenvalue weighted by Crippen LogP contribution is 2.24. The van der Waals surface area contributed by atoms with Gasteiger partial charge in [-0.3, -0.25) is 4.79 Å². The largest absolute Gasteiger partial charge is 0.354 e. The normalized spacial score (nSPS) is 12.0. The molecule has 7 heteroatoms. The third-order valence-electron chi connectivity index (χ3n) is 2.97. The summed E-state index contributed by atoms with van der Waals surface area (Å²) < 4.78 is 1.11. The number of nitrogens with zero attached hydrogens (tertiary/aromatic N) is 1. The summed E-state index contributed by atoms with van der Waals surface area (Å²) >= 11 is 7.56. The van der Waals surface area contributed by atoms with Gasteiger partial charge >= 0.3 is 0 Å². The minimum Gasteiger partial charge on any atom is -0.354 e. The Bertz CT molecular complexity index is 603. The molecule has 116 valence electrons. The van der Waals surface area contributed by atoms with E-state index < -0.39 is 6.04 Å². The van der Waals surface area contributed by atoms with Gasteiger partial charge in [0.05, 0.1) is 21.3 Å². The van der Waals surface area contributed by atoms with E-state index in [1.807, 2.05) is 25.1 Å². The molecule has 0 aliphatic carbocycles. The second kappa shape index (κ2) is 8.54. The lowest BCUT2D eigenvalue weighted by Crippen LogP contribution is -2.41. The van der Waals surface area contributed by atoms with Crippen LogP contribution >= 0.6 is 35.3 Å². The predicted octanol–water partition coefficient (Wildman–Crippen LogP) is 3.16. The average Bonchev–Trinajstić information content (AvgIpc) is 2.80. The number of carbonyl (C=O) groups is 1. The zero-order valence-electron chi connectivity index (χ0n) is 11.8. The smallest absolute Gasteiger partial charge is 0.236 e. The summed E-state index contributed by atoms with van der Waals surface area (Å²) in [6.07, 6.45) is 2.33. The van der Waals surface area contributed by atoms with Crippen LogP contribution in [0.2, 0.25) is 5.02 Å². The topological polar surface area (TPSA) is 68.0 Å². The highest BCUT2D eigenvalue weighted by atomic mass is 35.5. The van der Waals surface area contributed by atoms with Gasteiger partial charge < -0.3 is 11.1 Å². The van der Waals surface area contributed by atoms with Crippen LogP contribution in [0.25, 0.3) is 10.2 Å². The molecule has 4 nitrogen and oxygen atoms in total. The maximum absolute atomic E-state index is 11.7. The standard InChI is InChI=1S/C14H18ClN3OS.ClH/c1-2-3-10(16)14(19)17-7-6-13-18-11-8-9(15)4-5-12(11)20-13;/h4-5,8,10H,2-3,6-7,16H2,1H3,(H,17,19);1H. The lowest BCUT2D eigenvalue weighted by molar-refractivity contribution is -0.122. The molecule has 0 bridgehead atoms. The molecular formula is C14H19Cl2N3OS.